The fourth-order valence-corrected chi connectivity index (χ4v) is 3.75. The summed E-state index contributed by atoms with van der Waals surface area (Å²) in [7, 11) is 0. The van der Waals surface area contributed by atoms with Gasteiger partial charge in [-0.15, -0.1) is 0 Å². The lowest BCUT2D eigenvalue weighted by molar-refractivity contribution is -0.136. The first-order valence-electron chi connectivity index (χ1n) is 8.16. The largest absolute Gasteiger partial charge is 0.361 e. The highest BCUT2D eigenvalue weighted by molar-refractivity contribution is 5.89. The molecule has 118 valence electrons. The van der Waals surface area contributed by atoms with Crippen LogP contribution in [-0.4, -0.2) is 45.9 Å². The number of likely N-dealkylation sites (tertiary alicyclic amines) is 2. The second-order valence-electron chi connectivity index (χ2n) is 6.73. The van der Waals surface area contributed by atoms with E-state index >= 15 is 0 Å². The maximum Gasteiger partial charge on any atom is 0.228 e. The number of hydrogen-bond acceptors (Lipinski definition) is 4. The SMILES string of the molecule is Cc1cc([C@@H]2CCCN2C(=O)[C@H]2CC(=O)N(C3CC3)C2)no1. The molecule has 1 aromatic rings. The smallest absolute Gasteiger partial charge is 0.228 e. The molecule has 0 N–H and O–H groups in total. The lowest BCUT2D eigenvalue weighted by Gasteiger charge is -2.26. The van der Waals surface area contributed by atoms with Gasteiger partial charge < -0.3 is 14.3 Å². The molecule has 4 rings (SSSR count). The summed E-state index contributed by atoms with van der Waals surface area (Å²) in [6.07, 6.45) is 4.46. The first kappa shape index (κ1) is 13.8. The van der Waals surface area contributed by atoms with E-state index in [2.05, 4.69) is 5.16 Å². The molecule has 6 nitrogen and oxygen atoms in total. The van der Waals surface area contributed by atoms with Crippen LogP contribution >= 0.6 is 0 Å². The van der Waals surface area contributed by atoms with Crippen molar-refractivity contribution in [1.29, 1.82) is 0 Å². The molecule has 1 aromatic heterocycles. The summed E-state index contributed by atoms with van der Waals surface area (Å²) < 4.78 is 5.15. The Balaban J connectivity index is 1.48. The summed E-state index contributed by atoms with van der Waals surface area (Å²) >= 11 is 0. The molecular formula is C16H21N3O3. The van der Waals surface area contributed by atoms with Crippen LogP contribution in [0.1, 0.15) is 49.6 Å². The minimum absolute atomic E-state index is 0.00928. The number of aromatic nitrogens is 1. The summed E-state index contributed by atoms with van der Waals surface area (Å²) in [5, 5.41) is 4.08. The van der Waals surface area contributed by atoms with E-state index in [9.17, 15) is 9.59 Å². The Labute approximate surface area is 129 Å². The zero-order valence-corrected chi connectivity index (χ0v) is 12.8. The number of rotatable bonds is 3. The van der Waals surface area contributed by atoms with Crippen LogP contribution in [0.2, 0.25) is 0 Å². The number of carbonyl (C=O) groups excluding carboxylic acids is 2. The van der Waals surface area contributed by atoms with Crippen LogP contribution in [0.5, 0.6) is 0 Å². The topological polar surface area (TPSA) is 66.7 Å². The second kappa shape index (κ2) is 5.11. The molecule has 0 unspecified atom stereocenters. The summed E-state index contributed by atoms with van der Waals surface area (Å²) in [5.41, 5.74) is 0.840. The van der Waals surface area contributed by atoms with E-state index in [1.54, 1.807) is 0 Å². The molecule has 3 aliphatic rings. The average Bonchev–Trinajstić information content (AvgIpc) is 2.90. The molecule has 3 heterocycles. The lowest BCUT2D eigenvalue weighted by atomic mass is 10.1. The third-order valence-electron chi connectivity index (χ3n) is 5.02. The molecule has 0 aromatic carbocycles. The fourth-order valence-electron chi connectivity index (χ4n) is 3.75. The van der Waals surface area contributed by atoms with Crippen molar-refractivity contribution >= 4 is 11.8 Å². The van der Waals surface area contributed by atoms with Gasteiger partial charge >= 0.3 is 0 Å². The maximum atomic E-state index is 12.9. The van der Waals surface area contributed by atoms with Crippen LogP contribution in [0.15, 0.2) is 10.6 Å². The molecule has 22 heavy (non-hydrogen) atoms. The van der Waals surface area contributed by atoms with Crippen molar-refractivity contribution in [3.63, 3.8) is 0 Å². The van der Waals surface area contributed by atoms with Crippen LogP contribution in [0, 0.1) is 12.8 Å². The first-order chi connectivity index (χ1) is 10.6. The molecule has 2 amide bonds. The summed E-state index contributed by atoms with van der Waals surface area (Å²) in [4.78, 5) is 28.7. The molecule has 0 bridgehead atoms. The van der Waals surface area contributed by atoms with Crippen LogP contribution in [0.4, 0.5) is 0 Å². The molecule has 0 radical (unpaired) electrons. The van der Waals surface area contributed by atoms with E-state index in [1.807, 2.05) is 22.8 Å². The van der Waals surface area contributed by atoms with E-state index in [1.165, 1.54) is 0 Å². The van der Waals surface area contributed by atoms with E-state index in [0.29, 0.717) is 19.0 Å². The second-order valence-corrected chi connectivity index (χ2v) is 6.73. The van der Waals surface area contributed by atoms with Crippen molar-refractivity contribution in [3.8, 4) is 0 Å². The third-order valence-corrected chi connectivity index (χ3v) is 5.02. The number of nitrogens with zero attached hydrogens (tertiary/aromatic N) is 3. The summed E-state index contributed by atoms with van der Waals surface area (Å²) in [6, 6.07) is 2.32. The fraction of sp³-hybridized carbons (Fsp3) is 0.688. The van der Waals surface area contributed by atoms with Crippen LogP contribution in [0.25, 0.3) is 0 Å². The van der Waals surface area contributed by atoms with Crippen molar-refractivity contribution < 1.29 is 14.1 Å². The van der Waals surface area contributed by atoms with Gasteiger partial charge in [-0.1, -0.05) is 5.16 Å². The van der Waals surface area contributed by atoms with Gasteiger partial charge in [0.15, 0.2) is 0 Å². The Bertz CT molecular complexity index is 608. The van der Waals surface area contributed by atoms with E-state index in [-0.39, 0.29) is 23.8 Å². The minimum Gasteiger partial charge on any atom is -0.361 e. The van der Waals surface area contributed by atoms with Crippen molar-refractivity contribution in [2.45, 2.75) is 51.1 Å². The molecular weight excluding hydrogens is 282 g/mol. The third kappa shape index (κ3) is 2.30. The number of aryl methyl sites for hydroxylation is 1. The number of carbonyl (C=O) groups is 2. The Morgan fingerprint density at radius 2 is 2.18 bits per heavy atom. The maximum absolute atomic E-state index is 12.9. The predicted molar refractivity (Wildman–Crippen MR) is 77.8 cm³/mol. The van der Waals surface area contributed by atoms with Gasteiger partial charge in [0.2, 0.25) is 11.8 Å². The number of hydrogen-bond donors (Lipinski definition) is 0. The van der Waals surface area contributed by atoms with E-state index in [0.717, 1.165) is 43.7 Å². The highest BCUT2D eigenvalue weighted by Gasteiger charge is 2.44. The van der Waals surface area contributed by atoms with Crippen molar-refractivity contribution in [2.75, 3.05) is 13.1 Å². The molecule has 2 aliphatic heterocycles. The molecule has 2 atom stereocenters. The summed E-state index contributed by atoms with van der Waals surface area (Å²) in [5.74, 6) is 0.848. The molecule has 1 saturated carbocycles. The standard InChI is InChI=1S/C16H21N3O3/c1-10-7-13(17-22-10)14-3-2-6-18(14)16(21)11-8-15(20)19(9-11)12-4-5-12/h7,11-12,14H,2-6,8-9H2,1H3/t11-,14-/m0/s1. The van der Waals surface area contributed by atoms with Gasteiger partial charge in [-0.25, -0.2) is 0 Å². The highest BCUT2D eigenvalue weighted by Crippen LogP contribution is 2.37. The van der Waals surface area contributed by atoms with Crippen molar-refractivity contribution in [2.24, 2.45) is 5.92 Å². The monoisotopic (exact) mass is 303 g/mol. The Kier molecular flexibility index (Phi) is 3.20. The highest BCUT2D eigenvalue weighted by atomic mass is 16.5. The van der Waals surface area contributed by atoms with Gasteiger partial charge in [0.25, 0.3) is 0 Å². The van der Waals surface area contributed by atoms with Gasteiger partial charge in [0.05, 0.1) is 12.0 Å². The predicted octanol–water partition coefficient (Wildman–Crippen LogP) is 1.66. The first-order valence-corrected chi connectivity index (χ1v) is 8.16. The lowest BCUT2D eigenvalue weighted by Crippen LogP contribution is -2.37. The van der Waals surface area contributed by atoms with Crippen LogP contribution in [0.3, 0.4) is 0 Å². The van der Waals surface area contributed by atoms with Gasteiger partial charge in [0.1, 0.15) is 11.5 Å². The molecule has 3 fully saturated rings. The van der Waals surface area contributed by atoms with E-state index < -0.39 is 0 Å². The normalized spacial score (nSPS) is 28.7. The Morgan fingerprint density at radius 1 is 1.36 bits per heavy atom. The number of amides is 2. The quantitative estimate of drug-likeness (QED) is 0.851. The van der Waals surface area contributed by atoms with E-state index in [4.69, 9.17) is 4.52 Å². The van der Waals surface area contributed by atoms with Gasteiger partial charge in [-0.3, -0.25) is 9.59 Å². The van der Waals surface area contributed by atoms with Crippen molar-refractivity contribution in [1.82, 2.24) is 15.0 Å². The molecule has 0 spiro atoms. The Morgan fingerprint density at radius 3 is 2.86 bits per heavy atom. The molecule has 6 heteroatoms. The zero-order chi connectivity index (χ0) is 15.3. The van der Waals surface area contributed by atoms with Gasteiger partial charge in [0, 0.05) is 31.6 Å². The minimum atomic E-state index is -0.179. The van der Waals surface area contributed by atoms with Crippen molar-refractivity contribution in [3.05, 3.63) is 17.5 Å². The van der Waals surface area contributed by atoms with Crippen LogP contribution in [-0.2, 0) is 9.59 Å². The Hall–Kier alpha value is -1.85. The molecule has 2 saturated heterocycles. The van der Waals surface area contributed by atoms with Gasteiger partial charge in [-0.2, -0.15) is 0 Å². The summed E-state index contributed by atoms with van der Waals surface area (Å²) in [6.45, 7) is 3.22. The van der Waals surface area contributed by atoms with Crippen LogP contribution < -0.4 is 0 Å². The van der Waals surface area contributed by atoms with Gasteiger partial charge in [-0.05, 0) is 32.6 Å². The molecule has 1 aliphatic carbocycles. The average molecular weight is 303 g/mol. The zero-order valence-electron chi connectivity index (χ0n) is 12.8.